The zero-order chi connectivity index (χ0) is 16.9. The van der Waals surface area contributed by atoms with Crippen molar-refractivity contribution in [3.8, 4) is 10.6 Å². The number of aromatic amines is 1. The van der Waals surface area contributed by atoms with Gasteiger partial charge in [0.15, 0.2) is 5.69 Å². The highest BCUT2D eigenvalue weighted by atomic mass is 79.9. The molecule has 0 spiro atoms. The summed E-state index contributed by atoms with van der Waals surface area (Å²) in [7, 11) is 0. The fourth-order valence-electron chi connectivity index (χ4n) is 2.09. The second-order valence-corrected chi connectivity index (χ2v) is 7.53. The number of thiophene rings is 1. The predicted octanol–water partition coefficient (Wildman–Crippen LogP) is 4.23. The number of aryl methyl sites for hydroxylation is 1. The standard InChI is InChI=1S/C17H15BrN4OS/c1-2-11-3-5-12(6-4-11)10-19-22-17(23)14-9-13(20-21-14)15-7-8-16(18)24-15/h3-10H,2H2,1H3,(H,20,21)(H,22,23)/b19-10+. The Morgan fingerprint density at radius 3 is 2.79 bits per heavy atom. The van der Waals surface area contributed by atoms with E-state index in [1.807, 2.05) is 36.4 Å². The van der Waals surface area contributed by atoms with Crippen LogP contribution in [0.1, 0.15) is 28.5 Å². The number of benzene rings is 1. The number of hydrazone groups is 1. The number of hydrogen-bond donors (Lipinski definition) is 2. The molecule has 24 heavy (non-hydrogen) atoms. The zero-order valence-corrected chi connectivity index (χ0v) is 15.3. The van der Waals surface area contributed by atoms with Crippen molar-refractivity contribution >= 4 is 39.4 Å². The van der Waals surface area contributed by atoms with Gasteiger partial charge in [0.25, 0.3) is 5.91 Å². The van der Waals surface area contributed by atoms with Crippen molar-refractivity contribution in [2.24, 2.45) is 5.10 Å². The van der Waals surface area contributed by atoms with Crippen molar-refractivity contribution < 1.29 is 4.79 Å². The Balaban J connectivity index is 1.62. The molecule has 0 fully saturated rings. The first-order valence-electron chi connectivity index (χ1n) is 7.39. The minimum absolute atomic E-state index is 0.299. The van der Waals surface area contributed by atoms with Gasteiger partial charge in [-0.25, -0.2) is 5.43 Å². The zero-order valence-electron chi connectivity index (χ0n) is 12.9. The Labute approximate surface area is 151 Å². The Morgan fingerprint density at radius 1 is 1.33 bits per heavy atom. The normalized spacial score (nSPS) is 11.1. The summed E-state index contributed by atoms with van der Waals surface area (Å²) in [6.45, 7) is 2.11. The fraction of sp³-hybridized carbons (Fsp3) is 0.118. The third-order valence-electron chi connectivity index (χ3n) is 3.42. The molecule has 0 bridgehead atoms. The van der Waals surface area contributed by atoms with E-state index in [0.29, 0.717) is 5.69 Å². The van der Waals surface area contributed by atoms with E-state index in [1.54, 1.807) is 23.6 Å². The molecule has 0 saturated heterocycles. The molecule has 0 aliphatic heterocycles. The first kappa shape index (κ1) is 16.6. The molecular weight excluding hydrogens is 388 g/mol. The Hall–Kier alpha value is -2.25. The number of carbonyl (C=O) groups excluding carboxylic acids is 1. The summed E-state index contributed by atoms with van der Waals surface area (Å²) in [5.41, 5.74) is 5.78. The van der Waals surface area contributed by atoms with Gasteiger partial charge in [-0.3, -0.25) is 9.89 Å². The quantitative estimate of drug-likeness (QED) is 0.495. The van der Waals surface area contributed by atoms with Gasteiger partial charge in [-0.1, -0.05) is 31.2 Å². The van der Waals surface area contributed by atoms with Gasteiger partial charge >= 0.3 is 0 Å². The van der Waals surface area contributed by atoms with Crippen molar-refractivity contribution in [1.82, 2.24) is 15.6 Å². The first-order valence-corrected chi connectivity index (χ1v) is 9.00. The van der Waals surface area contributed by atoms with Crippen LogP contribution in [0, 0.1) is 0 Å². The van der Waals surface area contributed by atoms with Gasteiger partial charge in [-0.2, -0.15) is 10.2 Å². The van der Waals surface area contributed by atoms with Crippen LogP contribution < -0.4 is 5.43 Å². The molecule has 0 aliphatic rings. The first-order chi connectivity index (χ1) is 11.7. The van der Waals surface area contributed by atoms with Crippen LogP contribution in [0.5, 0.6) is 0 Å². The lowest BCUT2D eigenvalue weighted by molar-refractivity contribution is 0.0950. The van der Waals surface area contributed by atoms with Crippen LogP contribution >= 0.6 is 27.3 Å². The number of nitrogens with zero attached hydrogens (tertiary/aromatic N) is 2. The van der Waals surface area contributed by atoms with E-state index in [2.05, 4.69) is 43.6 Å². The number of halogens is 1. The lowest BCUT2D eigenvalue weighted by Crippen LogP contribution is -2.17. The van der Waals surface area contributed by atoms with Gasteiger partial charge in [0.1, 0.15) is 0 Å². The van der Waals surface area contributed by atoms with Crippen LogP contribution in [0.15, 0.2) is 51.4 Å². The van der Waals surface area contributed by atoms with Crippen LogP contribution in [0.4, 0.5) is 0 Å². The molecule has 7 heteroatoms. The minimum atomic E-state index is -0.352. The average molecular weight is 403 g/mol. The number of hydrogen-bond acceptors (Lipinski definition) is 4. The summed E-state index contributed by atoms with van der Waals surface area (Å²) in [5.74, 6) is -0.352. The number of aromatic nitrogens is 2. The molecular formula is C17H15BrN4OS. The second kappa shape index (κ2) is 7.55. The molecule has 1 aromatic carbocycles. The molecule has 5 nitrogen and oxygen atoms in total. The third-order valence-corrected chi connectivity index (χ3v) is 5.07. The summed E-state index contributed by atoms with van der Waals surface area (Å²) in [4.78, 5) is 13.1. The van der Waals surface area contributed by atoms with E-state index >= 15 is 0 Å². The van der Waals surface area contributed by atoms with Gasteiger partial charge in [-0.05, 0) is 51.7 Å². The summed E-state index contributed by atoms with van der Waals surface area (Å²) in [5, 5.41) is 10.9. The SMILES string of the molecule is CCc1ccc(/C=N/NC(=O)c2cc(-c3ccc(Br)s3)[nH]n2)cc1. The molecule has 3 aromatic rings. The monoisotopic (exact) mass is 402 g/mol. The topological polar surface area (TPSA) is 70.1 Å². The predicted molar refractivity (Wildman–Crippen MR) is 100 cm³/mol. The largest absolute Gasteiger partial charge is 0.291 e. The third kappa shape index (κ3) is 3.98. The molecule has 0 aliphatic carbocycles. The molecule has 0 atom stereocenters. The minimum Gasteiger partial charge on any atom is -0.276 e. The van der Waals surface area contributed by atoms with Crippen LogP contribution in [0.3, 0.4) is 0 Å². The maximum Gasteiger partial charge on any atom is 0.291 e. The van der Waals surface area contributed by atoms with E-state index in [1.165, 1.54) is 5.56 Å². The van der Waals surface area contributed by atoms with Crippen molar-refractivity contribution in [3.05, 3.63) is 63.1 Å². The van der Waals surface area contributed by atoms with E-state index in [4.69, 9.17) is 0 Å². The van der Waals surface area contributed by atoms with Gasteiger partial charge in [0.2, 0.25) is 0 Å². The number of rotatable bonds is 5. The van der Waals surface area contributed by atoms with Crippen LogP contribution in [0.2, 0.25) is 0 Å². The molecule has 0 unspecified atom stereocenters. The van der Waals surface area contributed by atoms with Gasteiger partial charge in [0, 0.05) is 0 Å². The Kier molecular flexibility index (Phi) is 5.22. The molecule has 0 saturated carbocycles. The van der Waals surface area contributed by atoms with Crippen molar-refractivity contribution in [3.63, 3.8) is 0 Å². The van der Waals surface area contributed by atoms with E-state index in [0.717, 1.165) is 26.3 Å². The molecule has 2 aromatic heterocycles. The van der Waals surface area contributed by atoms with Crippen molar-refractivity contribution in [2.45, 2.75) is 13.3 Å². The van der Waals surface area contributed by atoms with E-state index in [9.17, 15) is 4.79 Å². The van der Waals surface area contributed by atoms with Crippen LogP contribution in [-0.2, 0) is 6.42 Å². The van der Waals surface area contributed by atoms with Crippen LogP contribution in [-0.4, -0.2) is 22.3 Å². The number of nitrogens with one attached hydrogen (secondary N) is 2. The summed E-state index contributed by atoms with van der Waals surface area (Å²) >= 11 is 4.98. The summed E-state index contributed by atoms with van der Waals surface area (Å²) < 4.78 is 1.02. The number of carbonyl (C=O) groups is 1. The lowest BCUT2D eigenvalue weighted by Gasteiger charge is -1.97. The summed E-state index contributed by atoms with van der Waals surface area (Å²) in [6, 6.07) is 13.6. The maximum absolute atomic E-state index is 12.1. The van der Waals surface area contributed by atoms with Gasteiger partial charge in [-0.15, -0.1) is 11.3 Å². The number of amides is 1. The van der Waals surface area contributed by atoms with Crippen molar-refractivity contribution in [1.29, 1.82) is 0 Å². The molecule has 0 radical (unpaired) electrons. The highest BCUT2D eigenvalue weighted by Crippen LogP contribution is 2.30. The molecule has 3 rings (SSSR count). The summed E-state index contributed by atoms with van der Waals surface area (Å²) in [6.07, 6.45) is 2.61. The molecule has 2 heterocycles. The Bertz CT molecular complexity index is 867. The highest BCUT2D eigenvalue weighted by Gasteiger charge is 2.11. The maximum atomic E-state index is 12.1. The highest BCUT2D eigenvalue weighted by molar-refractivity contribution is 9.11. The number of H-pyrrole nitrogens is 1. The van der Waals surface area contributed by atoms with Gasteiger partial charge in [0.05, 0.1) is 20.6 Å². The average Bonchev–Trinajstić information content (AvgIpc) is 3.24. The van der Waals surface area contributed by atoms with Crippen molar-refractivity contribution in [2.75, 3.05) is 0 Å². The smallest absolute Gasteiger partial charge is 0.276 e. The Morgan fingerprint density at radius 2 is 2.12 bits per heavy atom. The molecule has 1 amide bonds. The fourth-order valence-corrected chi connectivity index (χ4v) is 3.44. The molecule has 2 N–H and O–H groups in total. The molecule has 122 valence electrons. The van der Waals surface area contributed by atoms with Gasteiger partial charge < -0.3 is 0 Å². The van der Waals surface area contributed by atoms with Crippen LogP contribution in [0.25, 0.3) is 10.6 Å². The lowest BCUT2D eigenvalue weighted by atomic mass is 10.1. The second-order valence-electron chi connectivity index (χ2n) is 5.06. The van der Waals surface area contributed by atoms with E-state index in [-0.39, 0.29) is 5.91 Å². The van der Waals surface area contributed by atoms with E-state index < -0.39 is 0 Å².